The Morgan fingerprint density at radius 3 is 3.04 bits per heavy atom. The third kappa shape index (κ3) is 2.41. The van der Waals surface area contributed by atoms with Crippen LogP contribution in [0.15, 0.2) is 37.1 Å². The maximum Gasteiger partial charge on any atom is 0.224 e. The highest BCUT2D eigenvalue weighted by molar-refractivity contribution is 5.93. The van der Waals surface area contributed by atoms with Crippen LogP contribution in [0.4, 0.5) is 10.3 Å². The summed E-state index contributed by atoms with van der Waals surface area (Å²) in [6, 6.07) is 1.64. The second-order valence-corrected chi connectivity index (χ2v) is 7.14. The van der Waals surface area contributed by atoms with Gasteiger partial charge in [-0.2, -0.15) is 4.98 Å². The van der Waals surface area contributed by atoms with Gasteiger partial charge in [0, 0.05) is 53.5 Å². The van der Waals surface area contributed by atoms with Crippen LogP contribution in [0.2, 0.25) is 0 Å². The summed E-state index contributed by atoms with van der Waals surface area (Å²) in [6.45, 7) is 1.82. The van der Waals surface area contributed by atoms with Crippen LogP contribution in [0.5, 0.6) is 0 Å². The number of H-pyrrole nitrogens is 1. The van der Waals surface area contributed by atoms with Crippen molar-refractivity contribution in [2.24, 2.45) is 0 Å². The van der Waals surface area contributed by atoms with Crippen molar-refractivity contribution >= 4 is 22.6 Å². The molecule has 0 amide bonds. The number of hydrogen-bond donors (Lipinski definition) is 3. The van der Waals surface area contributed by atoms with Crippen LogP contribution in [-0.2, 0) is 0 Å². The lowest BCUT2D eigenvalue weighted by molar-refractivity contribution is -0.0235. The molecule has 1 aliphatic rings. The number of aromatic nitrogens is 5. The van der Waals surface area contributed by atoms with Gasteiger partial charge < -0.3 is 19.8 Å². The van der Waals surface area contributed by atoms with Crippen molar-refractivity contribution in [3.8, 4) is 11.1 Å². The number of nitrogens with zero attached hydrogens (tertiary/aromatic N) is 4. The molecular weight excluding hydrogens is 335 g/mol. The molecule has 0 aromatic carbocycles. The van der Waals surface area contributed by atoms with Gasteiger partial charge in [-0.25, -0.2) is 14.4 Å². The number of aliphatic hydroxyl groups is 1. The molecule has 1 fully saturated rings. The van der Waals surface area contributed by atoms with Gasteiger partial charge in [0.15, 0.2) is 11.5 Å². The monoisotopic (exact) mass is 352 g/mol. The van der Waals surface area contributed by atoms with E-state index in [4.69, 9.17) is 0 Å². The number of aromatic amines is 1. The lowest BCUT2D eigenvalue weighted by Crippen LogP contribution is -2.48. The summed E-state index contributed by atoms with van der Waals surface area (Å²) in [5, 5.41) is 13.9. The first kappa shape index (κ1) is 15.3. The van der Waals surface area contributed by atoms with Crippen molar-refractivity contribution in [1.82, 2.24) is 24.3 Å². The molecule has 0 atom stereocenters. The standard InChI is InChI=1S/C18H17FN6O/c1-18(26)5-11(6-18)23-17-22-8-13-12(7-21-15(13)24-17)10-4-14(19)16-20-2-3-25(16)9-10/h2-4,7-9,11,26H,5-6H2,1H3,(H2,21,22,23,24)/t11-,18-. The molecule has 7 nitrogen and oxygen atoms in total. The molecule has 0 aliphatic heterocycles. The average Bonchev–Trinajstić information content (AvgIpc) is 3.19. The number of pyridine rings is 1. The molecule has 0 radical (unpaired) electrons. The van der Waals surface area contributed by atoms with Gasteiger partial charge in [0.25, 0.3) is 0 Å². The van der Waals surface area contributed by atoms with E-state index in [-0.39, 0.29) is 11.9 Å². The molecule has 0 bridgehead atoms. The van der Waals surface area contributed by atoms with Crippen LogP contribution < -0.4 is 5.32 Å². The zero-order valence-corrected chi connectivity index (χ0v) is 14.1. The van der Waals surface area contributed by atoms with E-state index in [1.807, 2.05) is 13.1 Å². The Bertz CT molecular complexity index is 1120. The fraction of sp³-hybridized carbons (Fsp3) is 0.278. The number of rotatable bonds is 3. The highest BCUT2D eigenvalue weighted by Crippen LogP contribution is 2.34. The summed E-state index contributed by atoms with van der Waals surface area (Å²) in [7, 11) is 0. The second kappa shape index (κ2) is 5.25. The topological polar surface area (TPSA) is 91.1 Å². The highest BCUT2D eigenvalue weighted by atomic mass is 19.1. The number of imidazole rings is 1. The van der Waals surface area contributed by atoms with E-state index >= 15 is 0 Å². The highest BCUT2D eigenvalue weighted by Gasteiger charge is 2.38. The van der Waals surface area contributed by atoms with Crippen molar-refractivity contribution in [1.29, 1.82) is 0 Å². The molecule has 3 N–H and O–H groups in total. The predicted octanol–water partition coefficient (Wildman–Crippen LogP) is 2.74. The average molecular weight is 352 g/mol. The van der Waals surface area contributed by atoms with Crippen molar-refractivity contribution < 1.29 is 9.50 Å². The van der Waals surface area contributed by atoms with Gasteiger partial charge in [-0.05, 0) is 25.8 Å². The molecule has 4 heterocycles. The van der Waals surface area contributed by atoms with Gasteiger partial charge in [0.1, 0.15) is 5.65 Å². The summed E-state index contributed by atoms with van der Waals surface area (Å²) in [5.41, 5.74) is 1.92. The number of fused-ring (bicyclic) bond motifs is 2. The largest absolute Gasteiger partial charge is 0.390 e. The molecule has 0 saturated heterocycles. The Labute approximate surface area is 147 Å². The van der Waals surface area contributed by atoms with Crippen LogP contribution in [0.25, 0.3) is 27.8 Å². The first-order chi connectivity index (χ1) is 12.5. The van der Waals surface area contributed by atoms with E-state index < -0.39 is 5.60 Å². The molecule has 8 heteroatoms. The third-order valence-electron chi connectivity index (χ3n) is 4.89. The molecule has 5 rings (SSSR count). The van der Waals surface area contributed by atoms with Crippen LogP contribution >= 0.6 is 0 Å². The molecule has 1 saturated carbocycles. The third-order valence-corrected chi connectivity index (χ3v) is 4.89. The van der Waals surface area contributed by atoms with E-state index in [0.29, 0.717) is 30.1 Å². The molecule has 26 heavy (non-hydrogen) atoms. The van der Waals surface area contributed by atoms with E-state index in [2.05, 4.69) is 25.3 Å². The summed E-state index contributed by atoms with van der Waals surface area (Å²) in [4.78, 5) is 16.0. The fourth-order valence-corrected chi connectivity index (χ4v) is 3.64. The smallest absolute Gasteiger partial charge is 0.224 e. The van der Waals surface area contributed by atoms with Crippen LogP contribution in [0.3, 0.4) is 0 Å². The van der Waals surface area contributed by atoms with Crippen LogP contribution in [0.1, 0.15) is 19.8 Å². The quantitative estimate of drug-likeness (QED) is 0.527. The van der Waals surface area contributed by atoms with E-state index in [0.717, 1.165) is 16.5 Å². The Kier molecular flexibility index (Phi) is 3.08. The van der Waals surface area contributed by atoms with Gasteiger partial charge in [-0.15, -0.1) is 0 Å². The normalized spacial score (nSPS) is 22.7. The predicted molar refractivity (Wildman–Crippen MR) is 95.3 cm³/mol. The lowest BCUT2D eigenvalue weighted by atomic mass is 9.77. The lowest BCUT2D eigenvalue weighted by Gasteiger charge is -2.41. The number of anilines is 1. The second-order valence-electron chi connectivity index (χ2n) is 7.14. The Balaban J connectivity index is 1.49. The number of nitrogens with one attached hydrogen (secondary N) is 2. The molecule has 4 aromatic heterocycles. The molecule has 0 spiro atoms. The first-order valence-electron chi connectivity index (χ1n) is 8.44. The zero-order chi connectivity index (χ0) is 17.9. The van der Waals surface area contributed by atoms with Gasteiger partial charge in [0.05, 0.1) is 5.60 Å². The number of hydrogen-bond acceptors (Lipinski definition) is 5. The first-order valence-corrected chi connectivity index (χ1v) is 8.44. The summed E-state index contributed by atoms with van der Waals surface area (Å²) in [5.74, 6) is 0.140. The summed E-state index contributed by atoms with van der Waals surface area (Å²) >= 11 is 0. The van der Waals surface area contributed by atoms with Crippen LogP contribution in [-0.4, -0.2) is 41.1 Å². The van der Waals surface area contributed by atoms with Crippen molar-refractivity contribution in [2.45, 2.75) is 31.4 Å². The summed E-state index contributed by atoms with van der Waals surface area (Å²) in [6.07, 6.45) is 9.98. The maximum absolute atomic E-state index is 14.2. The molecule has 0 unspecified atom stereocenters. The molecule has 4 aromatic rings. The summed E-state index contributed by atoms with van der Waals surface area (Å²) < 4.78 is 15.9. The Hall–Kier alpha value is -3.00. The van der Waals surface area contributed by atoms with E-state index in [1.165, 1.54) is 6.07 Å². The van der Waals surface area contributed by atoms with Crippen molar-refractivity contribution in [2.75, 3.05) is 5.32 Å². The minimum atomic E-state index is -0.600. The van der Waals surface area contributed by atoms with Gasteiger partial charge in [0.2, 0.25) is 5.95 Å². The van der Waals surface area contributed by atoms with Gasteiger partial charge in [-0.1, -0.05) is 0 Å². The molecule has 132 valence electrons. The van der Waals surface area contributed by atoms with Crippen molar-refractivity contribution in [3.05, 3.63) is 42.9 Å². The Morgan fingerprint density at radius 1 is 1.38 bits per heavy atom. The number of halogens is 1. The van der Waals surface area contributed by atoms with Crippen molar-refractivity contribution in [3.63, 3.8) is 0 Å². The fourth-order valence-electron chi connectivity index (χ4n) is 3.64. The van der Waals surface area contributed by atoms with E-state index in [9.17, 15) is 9.50 Å². The van der Waals surface area contributed by atoms with Gasteiger partial charge in [-0.3, -0.25) is 0 Å². The SMILES string of the molecule is C[C@]1(O)C[C@H](Nc2ncc3c(-c4cc(F)c5nccn5c4)c[nH]c3n2)C1. The Morgan fingerprint density at radius 2 is 2.23 bits per heavy atom. The van der Waals surface area contributed by atoms with Crippen LogP contribution in [0, 0.1) is 5.82 Å². The zero-order valence-electron chi connectivity index (χ0n) is 14.1. The minimum absolute atomic E-state index is 0.176. The molecular formula is C18H17FN6O. The molecule has 1 aliphatic carbocycles. The minimum Gasteiger partial charge on any atom is -0.390 e. The maximum atomic E-state index is 14.2. The van der Waals surface area contributed by atoms with Gasteiger partial charge >= 0.3 is 0 Å². The van der Waals surface area contributed by atoms with E-state index in [1.54, 1.807) is 29.2 Å².